The van der Waals surface area contributed by atoms with Crippen LogP contribution in [-0.2, 0) is 6.42 Å². The van der Waals surface area contributed by atoms with E-state index >= 15 is 0 Å². The number of rotatable bonds is 4. The molecule has 3 heteroatoms. The van der Waals surface area contributed by atoms with Crippen LogP contribution in [0.4, 0.5) is 0 Å². The second-order valence-corrected chi connectivity index (χ2v) is 9.14. The van der Waals surface area contributed by atoms with Gasteiger partial charge in [0.25, 0.3) is 0 Å². The largest absolute Gasteiger partial charge is 0.312 e. The van der Waals surface area contributed by atoms with Crippen molar-refractivity contribution in [2.24, 2.45) is 11.8 Å². The first-order chi connectivity index (χ1) is 9.44. The zero-order chi connectivity index (χ0) is 14.6. The summed E-state index contributed by atoms with van der Waals surface area (Å²) in [6.45, 7) is 8.00. The highest BCUT2D eigenvalue weighted by molar-refractivity contribution is 9.10. The molecule has 20 heavy (non-hydrogen) atoms. The molecular formula is C17H28BrNS. The second-order valence-electron chi connectivity index (χ2n) is 7.22. The van der Waals surface area contributed by atoms with E-state index < -0.39 is 0 Å². The van der Waals surface area contributed by atoms with Gasteiger partial charge >= 0.3 is 0 Å². The number of thiophene rings is 1. The van der Waals surface area contributed by atoms with Crippen molar-refractivity contribution in [2.75, 3.05) is 6.54 Å². The molecule has 0 spiro atoms. The molecule has 1 aliphatic carbocycles. The third-order valence-corrected chi connectivity index (χ3v) is 6.02. The van der Waals surface area contributed by atoms with E-state index in [-0.39, 0.29) is 5.54 Å². The molecule has 0 aromatic carbocycles. The summed E-state index contributed by atoms with van der Waals surface area (Å²) in [6.07, 6.45) is 8.35. The molecule has 0 radical (unpaired) electrons. The van der Waals surface area contributed by atoms with E-state index in [1.54, 1.807) is 4.88 Å². The fraction of sp³-hybridized carbons (Fsp3) is 0.765. The summed E-state index contributed by atoms with van der Waals surface area (Å²) in [5.41, 5.74) is 0.239. The maximum Gasteiger partial charge on any atom is 0.0285 e. The van der Waals surface area contributed by atoms with Crippen molar-refractivity contribution in [3.8, 4) is 0 Å². The van der Waals surface area contributed by atoms with Gasteiger partial charge in [0.1, 0.15) is 0 Å². The Morgan fingerprint density at radius 2 is 1.90 bits per heavy atom. The minimum absolute atomic E-state index is 0.239. The Hall–Kier alpha value is 0.140. The smallest absolute Gasteiger partial charge is 0.0285 e. The minimum atomic E-state index is 0.239. The number of hydrogen-bond donors (Lipinski definition) is 1. The first-order valence-electron chi connectivity index (χ1n) is 7.92. The van der Waals surface area contributed by atoms with Crippen LogP contribution in [0.1, 0.15) is 57.8 Å². The molecule has 1 nitrogen and oxygen atoms in total. The van der Waals surface area contributed by atoms with Crippen LogP contribution in [-0.4, -0.2) is 12.1 Å². The molecule has 0 amide bonds. The summed E-state index contributed by atoms with van der Waals surface area (Å²) in [5, 5.41) is 5.95. The Balaban J connectivity index is 1.97. The quantitative estimate of drug-likeness (QED) is 0.687. The molecule has 1 N–H and O–H groups in total. The number of nitrogens with one attached hydrogen (secondary N) is 1. The fourth-order valence-corrected chi connectivity index (χ4v) is 4.70. The molecule has 1 heterocycles. The molecule has 2 atom stereocenters. The second kappa shape index (κ2) is 7.42. The maximum absolute atomic E-state index is 3.73. The number of hydrogen-bond acceptors (Lipinski definition) is 2. The van der Waals surface area contributed by atoms with E-state index in [0.29, 0.717) is 0 Å². The van der Waals surface area contributed by atoms with Crippen LogP contribution in [0.3, 0.4) is 0 Å². The van der Waals surface area contributed by atoms with Gasteiger partial charge in [-0.05, 0) is 80.4 Å². The van der Waals surface area contributed by atoms with E-state index in [9.17, 15) is 0 Å². The third-order valence-electron chi connectivity index (χ3n) is 4.30. The van der Waals surface area contributed by atoms with Crippen molar-refractivity contribution < 1.29 is 0 Å². The lowest BCUT2D eigenvalue weighted by atomic mass is 9.84. The van der Waals surface area contributed by atoms with Crippen LogP contribution < -0.4 is 5.32 Å². The predicted octanol–water partition coefficient (Wildman–Crippen LogP) is 5.64. The van der Waals surface area contributed by atoms with Gasteiger partial charge in [0.15, 0.2) is 0 Å². The van der Waals surface area contributed by atoms with Gasteiger partial charge in [0.05, 0.1) is 0 Å². The zero-order valence-corrected chi connectivity index (χ0v) is 15.4. The molecule has 1 aromatic rings. The summed E-state index contributed by atoms with van der Waals surface area (Å²) < 4.78 is 1.25. The van der Waals surface area contributed by atoms with Crippen LogP contribution in [0.25, 0.3) is 0 Å². The molecule has 1 saturated carbocycles. The van der Waals surface area contributed by atoms with E-state index in [1.165, 1.54) is 49.5 Å². The molecule has 0 bridgehead atoms. The Morgan fingerprint density at radius 3 is 2.50 bits per heavy atom. The van der Waals surface area contributed by atoms with Gasteiger partial charge in [-0.15, -0.1) is 11.3 Å². The van der Waals surface area contributed by atoms with Crippen molar-refractivity contribution in [1.82, 2.24) is 5.32 Å². The molecule has 0 saturated heterocycles. The normalized spacial score (nSPS) is 24.6. The van der Waals surface area contributed by atoms with Gasteiger partial charge in [0.2, 0.25) is 0 Å². The molecule has 1 fully saturated rings. The molecule has 1 aliphatic rings. The first-order valence-corrected chi connectivity index (χ1v) is 9.59. The molecular weight excluding hydrogens is 330 g/mol. The average molecular weight is 358 g/mol. The first kappa shape index (κ1) is 16.5. The molecule has 2 unspecified atom stereocenters. The summed E-state index contributed by atoms with van der Waals surface area (Å²) in [4.78, 5) is 1.55. The number of halogens is 1. The molecule has 114 valence electrons. The lowest BCUT2D eigenvalue weighted by Gasteiger charge is -2.29. The van der Waals surface area contributed by atoms with Gasteiger partial charge in [-0.25, -0.2) is 0 Å². The Bertz CT molecular complexity index is 407. The van der Waals surface area contributed by atoms with E-state index in [0.717, 1.165) is 11.8 Å². The summed E-state index contributed by atoms with van der Waals surface area (Å²) in [7, 11) is 0. The SMILES string of the molecule is CC(C)(C)NCC1CCCCCC1Cc1cc(Br)cs1. The van der Waals surface area contributed by atoms with Gasteiger partial charge in [-0.3, -0.25) is 0 Å². The molecule has 0 aliphatic heterocycles. The van der Waals surface area contributed by atoms with Crippen molar-refractivity contribution >= 4 is 27.3 Å². The van der Waals surface area contributed by atoms with Gasteiger partial charge in [0, 0.05) is 20.3 Å². The lowest BCUT2D eigenvalue weighted by molar-refractivity contribution is 0.270. The predicted molar refractivity (Wildman–Crippen MR) is 93.5 cm³/mol. The molecule has 2 rings (SSSR count). The molecule has 1 aromatic heterocycles. The zero-order valence-electron chi connectivity index (χ0n) is 13.0. The Kier molecular flexibility index (Phi) is 6.12. The highest BCUT2D eigenvalue weighted by atomic mass is 79.9. The van der Waals surface area contributed by atoms with Crippen molar-refractivity contribution in [1.29, 1.82) is 0 Å². The van der Waals surface area contributed by atoms with Crippen molar-refractivity contribution in [3.63, 3.8) is 0 Å². The van der Waals surface area contributed by atoms with Crippen molar-refractivity contribution in [3.05, 3.63) is 20.8 Å². The fourth-order valence-electron chi connectivity index (χ4n) is 3.16. The Labute approximate surface area is 136 Å². The van der Waals surface area contributed by atoms with Gasteiger partial charge in [-0.2, -0.15) is 0 Å². The highest BCUT2D eigenvalue weighted by Gasteiger charge is 2.25. The highest BCUT2D eigenvalue weighted by Crippen LogP contribution is 2.33. The van der Waals surface area contributed by atoms with Crippen LogP contribution >= 0.6 is 27.3 Å². The van der Waals surface area contributed by atoms with Crippen molar-refractivity contribution in [2.45, 2.75) is 64.8 Å². The monoisotopic (exact) mass is 357 g/mol. The Morgan fingerprint density at radius 1 is 1.20 bits per heavy atom. The summed E-state index contributed by atoms with van der Waals surface area (Å²) in [6, 6.07) is 2.31. The van der Waals surface area contributed by atoms with Gasteiger partial charge < -0.3 is 5.32 Å². The summed E-state index contributed by atoms with van der Waals surface area (Å²) >= 11 is 5.49. The van der Waals surface area contributed by atoms with Crippen LogP contribution in [0.5, 0.6) is 0 Å². The van der Waals surface area contributed by atoms with Crippen LogP contribution in [0.2, 0.25) is 0 Å². The van der Waals surface area contributed by atoms with Crippen LogP contribution in [0, 0.1) is 11.8 Å². The van der Waals surface area contributed by atoms with E-state index in [4.69, 9.17) is 0 Å². The standard InChI is InChI=1S/C17H28BrNS/c1-17(2,3)19-11-14-8-6-4-5-7-13(14)9-16-10-15(18)12-20-16/h10,12-14,19H,4-9,11H2,1-3H3. The van der Waals surface area contributed by atoms with Crippen LogP contribution in [0.15, 0.2) is 15.9 Å². The average Bonchev–Trinajstić information content (AvgIpc) is 2.63. The third kappa shape index (κ3) is 5.50. The van der Waals surface area contributed by atoms with Gasteiger partial charge in [-0.1, -0.05) is 19.3 Å². The minimum Gasteiger partial charge on any atom is -0.312 e. The summed E-state index contributed by atoms with van der Waals surface area (Å²) in [5.74, 6) is 1.70. The maximum atomic E-state index is 3.73. The van der Waals surface area contributed by atoms with E-state index in [1.807, 2.05) is 11.3 Å². The van der Waals surface area contributed by atoms with E-state index in [2.05, 4.69) is 53.5 Å². The topological polar surface area (TPSA) is 12.0 Å². The lowest BCUT2D eigenvalue weighted by Crippen LogP contribution is -2.40.